The van der Waals surface area contributed by atoms with Gasteiger partial charge in [0.1, 0.15) is 5.79 Å². The Balaban J connectivity index is 4.46. The van der Waals surface area contributed by atoms with Crippen LogP contribution in [0.3, 0.4) is 0 Å². The van der Waals surface area contributed by atoms with E-state index in [0.717, 1.165) is 45.3 Å². The lowest BCUT2D eigenvalue weighted by atomic mass is 10.1. The van der Waals surface area contributed by atoms with Crippen molar-refractivity contribution in [2.75, 3.05) is 19.6 Å². The van der Waals surface area contributed by atoms with E-state index >= 15 is 0 Å². The molecule has 0 aromatic rings. The zero-order chi connectivity index (χ0) is 13.1. The fraction of sp³-hybridized carbons (Fsp3) is 1.00. The molecule has 0 saturated carbocycles. The maximum atomic E-state index is 6.48. The van der Waals surface area contributed by atoms with Gasteiger partial charge in [-0.05, 0) is 45.3 Å². The summed E-state index contributed by atoms with van der Waals surface area (Å²) in [5, 5.41) is 10.4. The highest BCUT2D eigenvalue weighted by molar-refractivity contribution is 4.91. The third-order valence-corrected chi connectivity index (χ3v) is 2.93. The molecule has 4 nitrogen and oxygen atoms in total. The Hall–Kier alpha value is -0.160. The second kappa shape index (κ2) is 9.83. The average Bonchev–Trinajstić information content (AvgIpc) is 2.35. The minimum atomic E-state index is -0.490. The fourth-order valence-corrected chi connectivity index (χ4v) is 1.92. The van der Waals surface area contributed by atoms with Gasteiger partial charge in [0.05, 0.1) is 6.04 Å². The lowest BCUT2D eigenvalue weighted by molar-refractivity contribution is 0.183. The highest BCUT2D eigenvalue weighted by atomic mass is 15.3. The topological polar surface area (TPSA) is 62.1 Å². The van der Waals surface area contributed by atoms with Gasteiger partial charge in [0.25, 0.3) is 0 Å². The Bertz CT molecular complexity index is 165. The van der Waals surface area contributed by atoms with Crippen molar-refractivity contribution in [1.29, 1.82) is 0 Å². The third kappa shape index (κ3) is 6.36. The first-order chi connectivity index (χ1) is 8.14. The molecule has 0 aromatic heterocycles. The van der Waals surface area contributed by atoms with Gasteiger partial charge in [0.2, 0.25) is 0 Å². The predicted octanol–water partition coefficient (Wildman–Crippen LogP) is 1.38. The van der Waals surface area contributed by atoms with Crippen molar-refractivity contribution in [1.82, 2.24) is 16.0 Å². The summed E-state index contributed by atoms with van der Waals surface area (Å²) in [7, 11) is 0. The van der Waals surface area contributed by atoms with Gasteiger partial charge < -0.3 is 5.32 Å². The Morgan fingerprint density at radius 2 is 1.35 bits per heavy atom. The van der Waals surface area contributed by atoms with E-state index in [2.05, 4.69) is 43.6 Å². The highest BCUT2D eigenvalue weighted by Crippen LogP contribution is 2.05. The van der Waals surface area contributed by atoms with Crippen LogP contribution in [-0.2, 0) is 0 Å². The molecule has 0 saturated heterocycles. The molecule has 4 heteroatoms. The number of nitrogens with one attached hydrogen (secondary N) is 3. The molecule has 1 unspecified atom stereocenters. The lowest BCUT2D eigenvalue weighted by Gasteiger charge is -2.39. The van der Waals surface area contributed by atoms with Crippen LogP contribution in [0.2, 0.25) is 0 Å². The van der Waals surface area contributed by atoms with E-state index in [0.29, 0.717) is 0 Å². The number of hydrogen-bond acceptors (Lipinski definition) is 4. The first-order valence-electron chi connectivity index (χ1n) is 7.16. The van der Waals surface area contributed by atoms with Gasteiger partial charge in [-0.3, -0.25) is 16.4 Å². The average molecular weight is 244 g/mol. The summed E-state index contributed by atoms with van der Waals surface area (Å²) in [5.74, 6) is -0.490. The number of nitrogens with two attached hydrogens (primary N) is 1. The zero-order valence-electron chi connectivity index (χ0n) is 12.1. The molecule has 0 radical (unpaired) electrons. The molecule has 0 spiro atoms. The molecule has 0 heterocycles. The first kappa shape index (κ1) is 16.8. The van der Waals surface area contributed by atoms with Crippen molar-refractivity contribution >= 4 is 0 Å². The van der Waals surface area contributed by atoms with Gasteiger partial charge in [-0.15, -0.1) is 0 Å². The molecule has 0 aliphatic heterocycles. The normalized spacial score (nSPS) is 13.9. The second-order valence-electron chi connectivity index (χ2n) is 4.64. The summed E-state index contributed by atoms with van der Waals surface area (Å²) in [6.07, 6.45) is 4.34. The first-order valence-corrected chi connectivity index (χ1v) is 7.16. The summed E-state index contributed by atoms with van der Waals surface area (Å²) in [6, 6.07) is 0.264. The largest absolute Gasteiger partial charge is 0.310 e. The molecular weight excluding hydrogens is 212 g/mol. The van der Waals surface area contributed by atoms with Crippen LogP contribution < -0.4 is 21.7 Å². The van der Waals surface area contributed by atoms with E-state index in [1.54, 1.807) is 0 Å². The molecule has 0 bridgehead atoms. The van der Waals surface area contributed by atoms with Gasteiger partial charge >= 0.3 is 0 Å². The smallest absolute Gasteiger partial charge is 0.136 e. The Morgan fingerprint density at radius 1 is 0.882 bits per heavy atom. The van der Waals surface area contributed by atoms with E-state index in [4.69, 9.17) is 5.73 Å². The molecule has 0 rings (SSSR count). The van der Waals surface area contributed by atoms with Gasteiger partial charge in [-0.25, -0.2) is 0 Å². The minimum Gasteiger partial charge on any atom is -0.310 e. The number of rotatable bonds is 11. The van der Waals surface area contributed by atoms with Crippen molar-refractivity contribution in [3.63, 3.8) is 0 Å². The third-order valence-electron chi connectivity index (χ3n) is 2.93. The Labute approximate surface area is 107 Å². The van der Waals surface area contributed by atoms with Crippen LogP contribution in [0.15, 0.2) is 0 Å². The summed E-state index contributed by atoms with van der Waals surface area (Å²) < 4.78 is 0. The summed E-state index contributed by atoms with van der Waals surface area (Å²) in [5.41, 5.74) is 6.48. The van der Waals surface area contributed by atoms with Crippen LogP contribution in [0.5, 0.6) is 0 Å². The van der Waals surface area contributed by atoms with Crippen molar-refractivity contribution in [2.24, 2.45) is 5.73 Å². The SMILES string of the molecule is CCCNC(CC)C(N)(NCCC)NCCC. The minimum absolute atomic E-state index is 0.264. The summed E-state index contributed by atoms with van der Waals surface area (Å²) in [6.45, 7) is 11.6. The maximum absolute atomic E-state index is 6.48. The van der Waals surface area contributed by atoms with E-state index in [1.807, 2.05) is 0 Å². The molecular formula is C13H32N4. The summed E-state index contributed by atoms with van der Waals surface area (Å²) >= 11 is 0. The van der Waals surface area contributed by atoms with Crippen LogP contribution in [0.25, 0.3) is 0 Å². The van der Waals surface area contributed by atoms with E-state index in [-0.39, 0.29) is 6.04 Å². The molecule has 0 aromatic carbocycles. The quantitative estimate of drug-likeness (QED) is 0.415. The Morgan fingerprint density at radius 3 is 1.71 bits per heavy atom. The van der Waals surface area contributed by atoms with Gasteiger partial charge in [-0.1, -0.05) is 27.7 Å². The van der Waals surface area contributed by atoms with E-state index in [9.17, 15) is 0 Å². The van der Waals surface area contributed by atoms with Crippen LogP contribution in [-0.4, -0.2) is 31.5 Å². The molecule has 104 valence electrons. The fourth-order valence-electron chi connectivity index (χ4n) is 1.92. The van der Waals surface area contributed by atoms with Crippen molar-refractivity contribution in [3.8, 4) is 0 Å². The highest BCUT2D eigenvalue weighted by Gasteiger charge is 2.31. The van der Waals surface area contributed by atoms with Crippen LogP contribution >= 0.6 is 0 Å². The monoisotopic (exact) mass is 244 g/mol. The van der Waals surface area contributed by atoms with Crippen molar-refractivity contribution in [2.45, 2.75) is 65.2 Å². The molecule has 1 atom stereocenters. The number of hydrogen-bond donors (Lipinski definition) is 4. The summed E-state index contributed by atoms with van der Waals surface area (Å²) in [4.78, 5) is 0. The molecule has 0 fully saturated rings. The van der Waals surface area contributed by atoms with Crippen molar-refractivity contribution < 1.29 is 0 Å². The molecule has 0 aliphatic rings. The zero-order valence-corrected chi connectivity index (χ0v) is 12.1. The standard InChI is InChI=1S/C13H32N4/c1-5-9-15-12(8-4)13(14,16-10-6-2)17-11-7-3/h12,15-17H,5-11,14H2,1-4H3. The van der Waals surface area contributed by atoms with Gasteiger partial charge in [0, 0.05) is 0 Å². The lowest BCUT2D eigenvalue weighted by Crippen LogP contribution is -2.74. The molecule has 5 N–H and O–H groups in total. The molecule has 0 aliphatic carbocycles. The maximum Gasteiger partial charge on any atom is 0.136 e. The van der Waals surface area contributed by atoms with Crippen LogP contribution in [0, 0.1) is 0 Å². The van der Waals surface area contributed by atoms with Gasteiger partial charge in [-0.2, -0.15) is 0 Å². The van der Waals surface area contributed by atoms with Crippen LogP contribution in [0.1, 0.15) is 53.4 Å². The van der Waals surface area contributed by atoms with Crippen LogP contribution in [0.4, 0.5) is 0 Å². The molecule has 17 heavy (non-hydrogen) atoms. The predicted molar refractivity (Wildman–Crippen MR) is 75.9 cm³/mol. The molecule has 0 amide bonds. The van der Waals surface area contributed by atoms with E-state index < -0.39 is 5.79 Å². The Kier molecular flexibility index (Phi) is 9.74. The second-order valence-corrected chi connectivity index (χ2v) is 4.64. The van der Waals surface area contributed by atoms with Gasteiger partial charge in [0.15, 0.2) is 0 Å². The van der Waals surface area contributed by atoms with E-state index in [1.165, 1.54) is 0 Å². The van der Waals surface area contributed by atoms with Crippen molar-refractivity contribution in [3.05, 3.63) is 0 Å².